The Morgan fingerprint density at radius 2 is 1.62 bits per heavy atom. The van der Waals surface area contributed by atoms with Gasteiger partial charge >= 0.3 is 0 Å². The summed E-state index contributed by atoms with van der Waals surface area (Å²) in [7, 11) is 0. The molecule has 2 bridgehead atoms. The van der Waals surface area contributed by atoms with Crippen molar-refractivity contribution < 1.29 is 18.9 Å². The summed E-state index contributed by atoms with van der Waals surface area (Å²) in [6.07, 6.45) is 7.37. The van der Waals surface area contributed by atoms with E-state index in [0.29, 0.717) is 17.1 Å². The van der Waals surface area contributed by atoms with E-state index in [1.807, 2.05) is 0 Å². The first-order valence-corrected chi connectivity index (χ1v) is 9.48. The second-order valence-corrected chi connectivity index (χ2v) is 7.58. The van der Waals surface area contributed by atoms with Crippen LogP contribution in [-0.2, 0) is 9.59 Å². The molecule has 8 nitrogen and oxygen atoms in total. The summed E-state index contributed by atoms with van der Waals surface area (Å²) in [5.41, 5.74) is 0.676. The maximum Gasteiger partial charge on any atom is 0.269 e. The number of benzene rings is 1. The quantitative estimate of drug-likeness (QED) is 0.261. The van der Waals surface area contributed by atoms with Gasteiger partial charge in [0.25, 0.3) is 17.5 Å². The summed E-state index contributed by atoms with van der Waals surface area (Å²) >= 11 is 0. The Hall–Kier alpha value is -3.55. The van der Waals surface area contributed by atoms with Crippen LogP contribution in [0.15, 0.2) is 58.1 Å². The average molecular weight is 391 g/mol. The Morgan fingerprint density at radius 1 is 1.00 bits per heavy atom. The highest BCUT2D eigenvalue weighted by atomic mass is 16.6. The number of hydrogen-bond acceptors (Lipinski definition) is 6. The monoisotopic (exact) mass is 391 g/mol. The molecule has 2 fully saturated rings. The number of nitro groups is 1. The average Bonchev–Trinajstić information content (AvgIpc) is 3.32. The second kappa shape index (κ2) is 6.51. The molecule has 3 aliphatic carbocycles. The smallest absolute Gasteiger partial charge is 0.269 e. The number of furan rings is 1. The molecule has 0 spiro atoms. The van der Waals surface area contributed by atoms with E-state index in [-0.39, 0.29) is 41.2 Å². The van der Waals surface area contributed by atoms with Crippen molar-refractivity contribution in [2.75, 3.05) is 0 Å². The number of non-ortho nitro benzene ring substituents is 1. The summed E-state index contributed by atoms with van der Waals surface area (Å²) in [6.45, 7) is 0. The predicted octanol–water partition coefficient (Wildman–Crippen LogP) is 3.39. The van der Waals surface area contributed by atoms with Gasteiger partial charge in [0, 0.05) is 17.7 Å². The Balaban J connectivity index is 1.34. The van der Waals surface area contributed by atoms with Crippen LogP contribution in [0.2, 0.25) is 0 Å². The summed E-state index contributed by atoms with van der Waals surface area (Å²) in [6, 6.07) is 9.37. The van der Waals surface area contributed by atoms with Crippen molar-refractivity contribution in [3.63, 3.8) is 0 Å². The molecule has 2 amide bonds. The minimum Gasteiger partial charge on any atom is -0.455 e. The number of hydrazone groups is 1. The largest absolute Gasteiger partial charge is 0.455 e. The summed E-state index contributed by atoms with van der Waals surface area (Å²) in [4.78, 5) is 35.8. The maximum absolute atomic E-state index is 12.7. The van der Waals surface area contributed by atoms with Gasteiger partial charge in [0.05, 0.1) is 23.0 Å². The van der Waals surface area contributed by atoms with Gasteiger partial charge in [0.15, 0.2) is 0 Å². The molecule has 0 radical (unpaired) electrons. The molecule has 4 atom stereocenters. The van der Waals surface area contributed by atoms with E-state index < -0.39 is 4.92 Å². The summed E-state index contributed by atoms with van der Waals surface area (Å²) in [5.74, 6) is 0.0745. The summed E-state index contributed by atoms with van der Waals surface area (Å²) in [5, 5.41) is 15.9. The number of carbonyl (C=O) groups is 2. The van der Waals surface area contributed by atoms with E-state index in [0.717, 1.165) is 17.9 Å². The van der Waals surface area contributed by atoms with E-state index in [2.05, 4.69) is 17.3 Å². The molecule has 6 rings (SSSR count). The number of amides is 2. The minimum absolute atomic E-state index is 0.00178. The Morgan fingerprint density at radius 3 is 2.17 bits per heavy atom. The third kappa shape index (κ3) is 2.79. The van der Waals surface area contributed by atoms with Crippen LogP contribution < -0.4 is 0 Å². The first kappa shape index (κ1) is 17.5. The number of nitrogens with zero attached hydrogens (tertiary/aromatic N) is 3. The lowest BCUT2D eigenvalue weighted by Crippen LogP contribution is -2.38. The number of allylic oxidation sites excluding steroid dienone is 2. The van der Waals surface area contributed by atoms with E-state index in [1.165, 1.54) is 18.3 Å². The zero-order valence-electron chi connectivity index (χ0n) is 15.3. The van der Waals surface area contributed by atoms with Crippen molar-refractivity contribution in [1.29, 1.82) is 0 Å². The zero-order chi connectivity index (χ0) is 20.1. The molecule has 2 heterocycles. The lowest BCUT2D eigenvalue weighted by atomic mass is 9.63. The molecular formula is C21H17N3O5. The molecule has 4 unspecified atom stereocenters. The lowest BCUT2D eigenvalue weighted by molar-refractivity contribution is -0.384. The molecule has 0 N–H and O–H groups in total. The maximum atomic E-state index is 12.7. The molecular weight excluding hydrogens is 374 g/mol. The van der Waals surface area contributed by atoms with Crippen LogP contribution in [0.5, 0.6) is 0 Å². The van der Waals surface area contributed by atoms with Crippen LogP contribution in [0.25, 0.3) is 11.3 Å². The number of fused-ring (bicyclic) bond motifs is 1. The van der Waals surface area contributed by atoms with Crippen molar-refractivity contribution in [3.05, 3.63) is 64.4 Å². The van der Waals surface area contributed by atoms with Gasteiger partial charge in [-0.2, -0.15) is 10.1 Å². The van der Waals surface area contributed by atoms with Crippen LogP contribution in [-0.4, -0.2) is 28.0 Å². The number of imide groups is 1. The van der Waals surface area contributed by atoms with Crippen molar-refractivity contribution >= 4 is 23.7 Å². The molecule has 1 aliphatic heterocycles. The van der Waals surface area contributed by atoms with E-state index in [9.17, 15) is 19.7 Å². The van der Waals surface area contributed by atoms with Crippen molar-refractivity contribution in [2.45, 2.75) is 12.8 Å². The van der Waals surface area contributed by atoms with Gasteiger partial charge in [-0.25, -0.2) is 0 Å². The molecule has 4 aliphatic rings. The SMILES string of the molecule is O=C1C2C3C=CC(CC3)C2C(=O)N1N=Cc1ccc(-c2ccc([N+](=O)[O-])cc2)o1. The van der Waals surface area contributed by atoms with Crippen LogP contribution in [0.1, 0.15) is 18.6 Å². The van der Waals surface area contributed by atoms with Crippen LogP contribution in [0.3, 0.4) is 0 Å². The van der Waals surface area contributed by atoms with Crippen LogP contribution in [0, 0.1) is 33.8 Å². The fourth-order valence-corrected chi connectivity index (χ4v) is 4.61. The number of rotatable bonds is 4. The lowest BCUT2D eigenvalue weighted by Gasteiger charge is -2.37. The van der Waals surface area contributed by atoms with Gasteiger partial charge in [-0.15, -0.1) is 0 Å². The fourth-order valence-electron chi connectivity index (χ4n) is 4.61. The molecule has 2 aromatic rings. The Kier molecular flexibility index (Phi) is 3.94. The number of nitro benzene ring substituents is 1. The van der Waals surface area contributed by atoms with Gasteiger partial charge in [-0.3, -0.25) is 19.7 Å². The van der Waals surface area contributed by atoms with Gasteiger partial charge in [0.1, 0.15) is 11.5 Å². The topological polar surface area (TPSA) is 106 Å². The molecule has 1 aromatic carbocycles. The second-order valence-electron chi connectivity index (χ2n) is 7.58. The predicted molar refractivity (Wildman–Crippen MR) is 103 cm³/mol. The Labute approximate surface area is 165 Å². The van der Waals surface area contributed by atoms with Crippen LogP contribution >= 0.6 is 0 Å². The third-order valence-corrected chi connectivity index (χ3v) is 6.03. The number of carbonyl (C=O) groups excluding carboxylic acids is 2. The summed E-state index contributed by atoms with van der Waals surface area (Å²) < 4.78 is 5.69. The van der Waals surface area contributed by atoms with Crippen molar-refractivity contribution in [2.24, 2.45) is 28.8 Å². The molecule has 1 saturated carbocycles. The van der Waals surface area contributed by atoms with Gasteiger partial charge in [0.2, 0.25) is 0 Å². The van der Waals surface area contributed by atoms with Gasteiger partial charge in [-0.1, -0.05) is 12.2 Å². The Bertz CT molecular complexity index is 1040. The van der Waals surface area contributed by atoms with E-state index in [1.54, 1.807) is 24.3 Å². The molecule has 29 heavy (non-hydrogen) atoms. The highest BCUT2D eigenvalue weighted by Gasteiger charge is 2.56. The van der Waals surface area contributed by atoms with Gasteiger partial charge < -0.3 is 4.42 Å². The molecule has 1 aromatic heterocycles. The van der Waals surface area contributed by atoms with E-state index in [4.69, 9.17) is 4.42 Å². The highest BCUT2D eigenvalue weighted by Crippen LogP contribution is 2.49. The number of hydrogen-bond donors (Lipinski definition) is 0. The molecule has 146 valence electrons. The van der Waals surface area contributed by atoms with Gasteiger partial charge in [-0.05, 0) is 48.9 Å². The van der Waals surface area contributed by atoms with E-state index >= 15 is 0 Å². The van der Waals surface area contributed by atoms with Crippen molar-refractivity contribution in [1.82, 2.24) is 5.01 Å². The zero-order valence-corrected chi connectivity index (χ0v) is 15.3. The fraction of sp³-hybridized carbons (Fsp3) is 0.286. The van der Waals surface area contributed by atoms with Crippen molar-refractivity contribution in [3.8, 4) is 11.3 Å². The first-order valence-electron chi connectivity index (χ1n) is 9.48. The molecule has 8 heteroatoms. The first-order chi connectivity index (χ1) is 14.0. The third-order valence-electron chi connectivity index (χ3n) is 6.03. The highest BCUT2D eigenvalue weighted by molar-refractivity contribution is 6.06. The van der Waals surface area contributed by atoms with Crippen LogP contribution in [0.4, 0.5) is 5.69 Å². The standard InChI is InChI=1S/C21H17N3O5/c25-20-18-13-1-2-14(4-3-13)19(18)21(26)23(20)22-11-16-9-10-17(29-16)12-5-7-15(8-6-12)24(27)28/h1-2,5-11,13-14,18-19H,3-4H2. The minimum atomic E-state index is -0.465. The molecule has 1 saturated heterocycles. The normalized spacial score (nSPS) is 27.8.